The number of hydrogen-bond acceptors (Lipinski definition) is 5. The summed E-state index contributed by atoms with van der Waals surface area (Å²) >= 11 is 0. The molecular weight excluding hydrogens is 276 g/mol. The van der Waals surface area contributed by atoms with Crippen molar-refractivity contribution in [1.29, 1.82) is 0 Å². The average Bonchev–Trinajstić information content (AvgIpc) is 2.33. The van der Waals surface area contributed by atoms with Crippen LogP contribution in [0.25, 0.3) is 0 Å². The second-order valence-corrected chi connectivity index (χ2v) is 5.72. The predicted molar refractivity (Wildman–Crippen MR) is 68.2 cm³/mol. The van der Waals surface area contributed by atoms with Crippen molar-refractivity contribution in [2.24, 2.45) is 0 Å². The van der Waals surface area contributed by atoms with Crippen LogP contribution in [-0.4, -0.2) is 69.4 Å². The fraction of sp³-hybridized carbons (Fsp3) is 0.800. The van der Waals surface area contributed by atoms with Crippen molar-refractivity contribution >= 4 is 21.9 Å². The van der Waals surface area contributed by atoms with Crippen LogP contribution in [0.2, 0.25) is 0 Å². The van der Waals surface area contributed by atoms with Gasteiger partial charge in [0.2, 0.25) is 15.9 Å². The number of amides is 1. The van der Waals surface area contributed by atoms with Gasteiger partial charge in [0.25, 0.3) is 0 Å². The lowest BCUT2D eigenvalue weighted by atomic mass is 10.4. The number of carbonyl (C=O) groups excluding carboxylic acids is 1. The Hall–Kier alpha value is -1.19. The molecule has 2 N–H and O–H groups in total. The number of carbonyl (C=O) groups is 2. The van der Waals surface area contributed by atoms with Gasteiger partial charge in [-0.1, -0.05) is 0 Å². The third kappa shape index (κ3) is 9.40. The van der Waals surface area contributed by atoms with Gasteiger partial charge in [-0.25, -0.2) is 13.1 Å². The summed E-state index contributed by atoms with van der Waals surface area (Å²) < 4.78 is 29.9. The molecule has 0 atom stereocenters. The molecule has 9 heteroatoms. The molecule has 0 radical (unpaired) electrons. The first-order chi connectivity index (χ1) is 8.78. The normalized spacial score (nSPS) is 11.3. The van der Waals surface area contributed by atoms with Gasteiger partial charge < -0.3 is 14.7 Å². The lowest BCUT2D eigenvalue weighted by molar-refractivity contribution is -0.138. The summed E-state index contributed by atoms with van der Waals surface area (Å²) in [6, 6.07) is 0. The molecule has 0 unspecified atom stereocenters. The zero-order chi connectivity index (χ0) is 14.9. The van der Waals surface area contributed by atoms with E-state index in [0.717, 1.165) is 0 Å². The first-order valence-corrected chi connectivity index (χ1v) is 7.44. The van der Waals surface area contributed by atoms with Gasteiger partial charge in [0, 0.05) is 20.2 Å². The third-order valence-electron chi connectivity index (χ3n) is 2.23. The highest BCUT2D eigenvalue weighted by Gasteiger charge is 2.15. The lowest BCUT2D eigenvalue weighted by Gasteiger charge is -2.16. The van der Waals surface area contributed by atoms with E-state index in [1.165, 1.54) is 11.9 Å². The van der Waals surface area contributed by atoms with E-state index >= 15 is 0 Å². The predicted octanol–water partition coefficient (Wildman–Crippen LogP) is -1.12. The number of hydrogen-bond donors (Lipinski definition) is 2. The van der Waals surface area contributed by atoms with Crippen molar-refractivity contribution in [1.82, 2.24) is 9.62 Å². The van der Waals surface area contributed by atoms with Gasteiger partial charge in [0.05, 0.1) is 25.3 Å². The summed E-state index contributed by atoms with van der Waals surface area (Å²) in [6.07, 6.45) is -0.181. The summed E-state index contributed by atoms with van der Waals surface area (Å²) in [7, 11) is -2.14. The van der Waals surface area contributed by atoms with E-state index in [-0.39, 0.29) is 31.9 Å². The molecule has 0 aliphatic rings. The molecule has 0 rings (SSSR count). The van der Waals surface area contributed by atoms with Crippen LogP contribution in [-0.2, 0) is 24.3 Å². The molecule has 8 nitrogen and oxygen atoms in total. The number of rotatable bonds is 10. The number of nitrogens with zero attached hydrogens (tertiary/aromatic N) is 1. The Morgan fingerprint density at radius 1 is 1.37 bits per heavy atom. The maximum Gasteiger partial charge on any atom is 0.305 e. The van der Waals surface area contributed by atoms with Gasteiger partial charge in [-0.3, -0.25) is 9.59 Å². The van der Waals surface area contributed by atoms with Crippen LogP contribution in [0.1, 0.15) is 13.3 Å². The summed E-state index contributed by atoms with van der Waals surface area (Å²) in [4.78, 5) is 23.0. The smallest absolute Gasteiger partial charge is 0.305 e. The fourth-order valence-corrected chi connectivity index (χ4v) is 1.90. The largest absolute Gasteiger partial charge is 0.481 e. The Bertz CT molecular complexity index is 395. The minimum atomic E-state index is -3.55. The standard InChI is InChI=1S/C10H20N2O6S/c1-3-18-6-7-19(16,17)11-8-9(13)12(2)5-4-10(14)15/h11H,3-8H2,1-2H3,(H,14,15). The van der Waals surface area contributed by atoms with Crippen LogP contribution in [0.5, 0.6) is 0 Å². The molecule has 0 spiro atoms. The van der Waals surface area contributed by atoms with E-state index in [1.807, 2.05) is 0 Å². The first kappa shape index (κ1) is 17.8. The summed E-state index contributed by atoms with van der Waals surface area (Å²) in [5, 5.41) is 8.46. The minimum absolute atomic E-state index is 0.0365. The molecule has 0 aromatic carbocycles. The lowest BCUT2D eigenvalue weighted by Crippen LogP contribution is -2.40. The van der Waals surface area contributed by atoms with Crippen LogP contribution in [0.15, 0.2) is 0 Å². The second kappa shape index (κ2) is 8.83. The van der Waals surface area contributed by atoms with Crippen molar-refractivity contribution < 1.29 is 27.9 Å². The highest BCUT2D eigenvalue weighted by Crippen LogP contribution is 1.91. The van der Waals surface area contributed by atoms with Crippen LogP contribution < -0.4 is 4.72 Å². The molecule has 0 saturated heterocycles. The van der Waals surface area contributed by atoms with E-state index in [9.17, 15) is 18.0 Å². The van der Waals surface area contributed by atoms with Crippen molar-refractivity contribution in [2.45, 2.75) is 13.3 Å². The van der Waals surface area contributed by atoms with Crippen molar-refractivity contribution in [3.8, 4) is 0 Å². The molecule has 0 bridgehead atoms. The van der Waals surface area contributed by atoms with Gasteiger partial charge in [0.15, 0.2) is 0 Å². The fourth-order valence-electron chi connectivity index (χ4n) is 1.08. The highest BCUT2D eigenvalue weighted by atomic mass is 32.2. The first-order valence-electron chi connectivity index (χ1n) is 5.79. The second-order valence-electron chi connectivity index (χ2n) is 3.80. The molecule has 0 saturated carbocycles. The number of likely N-dealkylation sites (N-methyl/N-ethyl adjacent to an activating group) is 1. The Labute approximate surface area is 112 Å². The number of carboxylic acids is 1. The van der Waals surface area contributed by atoms with Crippen LogP contribution in [0.4, 0.5) is 0 Å². The number of sulfonamides is 1. The molecule has 1 amide bonds. The Morgan fingerprint density at radius 3 is 2.53 bits per heavy atom. The summed E-state index contributed by atoms with van der Waals surface area (Å²) in [6.45, 7) is 1.89. The van der Waals surface area contributed by atoms with E-state index in [4.69, 9.17) is 9.84 Å². The summed E-state index contributed by atoms with van der Waals surface area (Å²) in [5.74, 6) is -1.72. The molecule has 19 heavy (non-hydrogen) atoms. The Kier molecular flexibility index (Phi) is 8.28. The van der Waals surface area contributed by atoms with E-state index in [0.29, 0.717) is 6.61 Å². The number of carboxylic acid groups (broad SMARTS) is 1. The van der Waals surface area contributed by atoms with Crippen LogP contribution >= 0.6 is 0 Å². The zero-order valence-electron chi connectivity index (χ0n) is 11.1. The highest BCUT2D eigenvalue weighted by molar-refractivity contribution is 7.89. The van der Waals surface area contributed by atoms with Gasteiger partial charge >= 0.3 is 5.97 Å². The Balaban J connectivity index is 4.03. The van der Waals surface area contributed by atoms with Crippen molar-refractivity contribution in [3.63, 3.8) is 0 Å². The van der Waals surface area contributed by atoms with Crippen LogP contribution in [0.3, 0.4) is 0 Å². The van der Waals surface area contributed by atoms with Gasteiger partial charge in [-0.15, -0.1) is 0 Å². The van der Waals surface area contributed by atoms with Gasteiger partial charge in [-0.2, -0.15) is 0 Å². The van der Waals surface area contributed by atoms with Gasteiger partial charge in [0.1, 0.15) is 0 Å². The number of nitrogens with one attached hydrogen (secondary N) is 1. The number of ether oxygens (including phenoxy) is 1. The maximum absolute atomic E-state index is 11.5. The summed E-state index contributed by atoms with van der Waals surface area (Å²) in [5.41, 5.74) is 0. The molecule has 0 fully saturated rings. The Morgan fingerprint density at radius 2 is 2.00 bits per heavy atom. The zero-order valence-corrected chi connectivity index (χ0v) is 11.9. The minimum Gasteiger partial charge on any atom is -0.481 e. The molecular formula is C10H20N2O6S. The molecule has 0 aliphatic carbocycles. The molecule has 0 aromatic rings. The molecule has 0 aliphatic heterocycles. The molecule has 0 aromatic heterocycles. The maximum atomic E-state index is 11.5. The van der Waals surface area contributed by atoms with Crippen molar-refractivity contribution in [3.05, 3.63) is 0 Å². The monoisotopic (exact) mass is 296 g/mol. The number of aliphatic carboxylic acids is 1. The molecule has 0 heterocycles. The quantitative estimate of drug-likeness (QED) is 0.493. The average molecular weight is 296 g/mol. The van der Waals surface area contributed by atoms with Crippen molar-refractivity contribution in [2.75, 3.05) is 39.1 Å². The molecule has 112 valence electrons. The SMILES string of the molecule is CCOCCS(=O)(=O)NCC(=O)N(C)CCC(=O)O. The topological polar surface area (TPSA) is 113 Å². The van der Waals surface area contributed by atoms with Gasteiger partial charge in [-0.05, 0) is 6.92 Å². The van der Waals surface area contributed by atoms with E-state index in [1.54, 1.807) is 6.92 Å². The van der Waals surface area contributed by atoms with E-state index in [2.05, 4.69) is 4.72 Å². The van der Waals surface area contributed by atoms with Crippen LogP contribution in [0, 0.1) is 0 Å². The third-order valence-corrected chi connectivity index (χ3v) is 3.52. The van der Waals surface area contributed by atoms with E-state index < -0.39 is 21.9 Å².